The number of thioether (sulfide) groups is 1. The molecule has 0 aliphatic carbocycles. The summed E-state index contributed by atoms with van der Waals surface area (Å²) < 4.78 is 0. The van der Waals surface area contributed by atoms with E-state index in [1.807, 2.05) is 0 Å². The second kappa shape index (κ2) is 8.06. The Balaban J connectivity index is 1.96. The molecule has 0 spiro atoms. The molecule has 3 aromatic carbocycles. The lowest BCUT2D eigenvalue weighted by molar-refractivity contribution is 0.982. The van der Waals surface area contributed by atoms with E-state index in [4.69, 9.17) is 0 Å². The first-order valence-corrected chi connectivity index (χ1v) is 10.3. The summed E-state index contributed by atoms with van der Waals surface area (Å²) in [5.41, 5.74) is 7.54. The van der Waals surface area contributed by atoms with Crippen molar-refractivity contribution in [3.05, 3.63) is 95.3 Å². The fraction of sp³-hybridized carbons (Fsp3) is 0.160. The molecule has 0 saturated carbocycles. The second-order valence-corrected chi connectivity index (χ2v) is 7.42. The largest absolute Gasteiger partial charge is 0.321 e. The monoisotopic (exact) mass is 369 g/mol. The van der Waals surface area contributed by atoms with Crippen molar-refractivity contribution in [2.45, 2.75) is 26.7 Å². The molecule has 0 saturated heterocycles. The van der Waals surface area contributed by atoms with Gasteiger partial charge in [-0.25, -0.2) is 0 Å². The molecule has 0 bridgehead atoms. The molecule has 1 nitrogen and oxygen atoms in total. The van der Waals surface area contributed by atoms with Crippen molar-refractivity contribution in [2.75, 3.05) is 4.90 Å². The number of hydrogen-bond donors (Lipinski definition) is 0. The van der Waals surface area contributed by atoms with Gasteiger partial charge < -0.3 is 4.90 Å². The van der Waals surface area contributed by atoms with Crippen LogP contribution in [0.15, 0.2) is 89.5 Å². The van der Waals surface area contributed by atoms with Crippen LogP contribution in [-0.2, 0) is 0 Å². The van der Waals surface area contributed by atoms with E-state index in [1.165, 1.54) is 38.5 Å². The number of para-hydroxylation sites is 1. The standard InChI is InChI=1S/C25H23NS/c1-3-23-24(4-2)27-18-26(23)25-21(19-12-7-5-8-13-19)16-11-17-22(25)20-14-9-6-10-15-20/h5-17H,3-4H2,1-2H3. The van der Waals surface area contributed by atoms with E-state index >= 15 is 0 Å². The summed E-state index contributed by atoms with van der Waals surface area (Å²) in [4.78, 5) is 3.72. The number of allylic oxidation sites excluding steroid dienone is 2. The maximum Gasteiger partial charge on any atom is 0.169 e. The Morgan fingerprint density at radius 1 is 0.704 bits per heavy atom. The molecule has 1 aliphatic rings. The molecule has 0 fully saturated rings. The van der Waals surface area contributed by atoms with Gasteiger partial charge in [0.2, 0.25) is 0 Å². The molecule has 134 valence electrons. The highest BCUT2D eigenvalue weighted by molar-refractivity contribution is 8.05. The number of anilines is 1. The second-order valence-electron chi connectivity index (χ2n) is 6.54. The SMILES string of the molecule is CCC1=C(CC)N(c2c(-c3ccccc3)cccc2-c2ccccc2)[C]S1. The third kappa shape index (κ3) is 3.42. The summed E-state index contributed by atoms with van der Waals surface area (Å²) in [7, 11) is 0. The molecule has 1 heterocycles. The Labute approximate surface area is 166 Å². The molecule has 2 heteroatoms. The molecule has 0 aromatic heterocycles. The summed E-state index contributed by atoms with van der Waals surface area (Å²) >= 11 is 1.74. The topological polar surface area (TPSA) is 3.24 Å². The van der Waals surface area contributed by atoms with Gasteiger partial charge in [0.1, 0.15) is 0 Å². The highest BCUT2D eigenvalue weighted by Gasteiger charge is 2.28. The van der Waals surface area contributed by atoms with E-state index in [-0.39, 0.29) is 0 Å². The summed E-state index contributed by atoms with van der Waals surface area (Å²) in [6.45, 7) is 4.46. The predicted octanol–water partition coefficient (Wildman–Crippen LogP) is 7.60. The zero-order chi connectivity index (χ0) is 18.6. The van der Waals surface area contributed by atoms with Gasteiger partial charge in [0.25, 0.3) is 0 Å². The molecule has 4 rings (SSSR count). The Morgan fingerprint density at radius 2 is 1.26 bits per heavy atom. The number of hydrogen-bond acceptors (Lipinski definition) is 2. The lowest BCUT2D eigenvalue weighted by Gasteiger charge is -2.26. The summed E-state index contributed by atoms with van der Waals surface area (Å²) in [5, 5.41) is 0. The molecule has 0 unspecified atom stereocenters. The minimum Gasteiger partial charge on any atom is -0.321 e. The Kier molecular flexibility index (Phi) is 5.35. The van der Waals surface area contributed by atoms with Gasteiger partial charge >= 0.3 is 0 Å². The summed E-state index contributed by atoms with van der Waals surface area (Å²) in [6.07, 6.45) is 2.05. The Bertz CT molecular complexity index is 887. The Hall–Kier alpha value is -2.45. The van der Waals surface area contributed by atoms with Crippen LogP contribution in [0.2, 0.25) is 0 Å². The van der Waals surface area contributed by atoms with Crippen LogP contribution in [0.25, 0.3) is 22.3 Å². The molecule has 0 atom stereocenters. The number of nitrogens with zero attached hydrogens (tertiary/aromatic N) is 1. The fourth-order valence-corrected chi connectivity index (χ4v) is 4.54. The Morgan fingerprint density at radius 3 is 1.74 bits per heavy atom. The van der Waals surface area contributed by atoms with Gasteiger partial charge in [-0.3, -0.25) is 0 Å². The van der Waals surface area contributed by atoms with Crippen molar-refractivity contribution in [3.8, 4) is 22.3 Å². The average Bonchev–Trinajstić information content (AvgIpc) is 3.17. The normalized spacial score (nSPS) is 14.1. The molecule has 3 aromatic rings. The quantitative estimate of drug-likeness (QED) is 0.455. The van der Waals surface area contributed by atoms with Crippen LogP contribution in [0.1, 0.15) is 26.7 Å². The van der Waals surface area contributed by atoms with E-state index in [0.29, 0.717) is 0 Å². The van der Waals surface area contributed by atoms with E-state index < -0.39 is 0 Å². The van der Waals surface area contributed by atoms with Gasteiger partial charge in [-0.1, -0.05) is 104 Å². The third-order valence-corrected chi connectivity index (χ3v) is 5.98. The van der Waals surface area contributed by atoms with Gasteiger partial charge in [-0.05, 0) is 24.0 Å². The molecular weight excluding hydrogens is 346 g/mol. The van der Waals surface area contributed by atoms with Gasteiger partial charge in [-0.15, -0.1) is 0 Å². The zero-order valence-electron chi connectivity index (χ0n) is 15.8. The van der Waals surface area contributed by atoms with E-state index in [9.17, 15) is 0 Å². The van der Waals surface area contributed by atoms with Crippen LogP contribution in [0, 0.1) is 5.88 Å². The van der Waals surface area contributed by atoms with Crippen molar-refractivity contribution in [1.82, 2.24) is 0 Å². The van der Waals surface area contributed by atoms with Gasteiger partial charge in [-0.2, -0.15) is 0 Å². The van der Waals surface area contributed by atoms with E-state index in [0.717, 1.165) is 12.8 Å². The molecule has 0 N–H and O–H groups in total. The maximum absolute atomic E-state index is 3.57. The van der Waals surface area contributed by atoms with Crippen LogP contribution in [-0.4, -0.2) is 0 Å². The van der Waals surface area contributed by atoms with Crippen molar-refractivity contribution < 1.29 is 0 Å². The van der Waals surface area contributed by atoms with Crippen LogP contribution in [0.5, 0.6) is 0 Å². The highest BCUT2D eigenvalue weighted by Crippen LogP contribution is 2.48. The lowest BCUT2D eigenvalue weighted by Crippen LogP contribution is -2.16. The summed E-state index contributed by atoms with van der Waals surface area (Å²) in [5.74, 6) is 3.57. The highest BCUT2D eigenvalue weighted by atomic mass is 32.2. The lowest BCUT2D eigenvalue weighted by atomic mass is 9.94. The van der Waals surface area contributed by atoms with Crippen molar-refractivity contribution >= 4 is 17.4 Å². The van der Waals surface area contributed by atoms with Crippen LogP contribution in [0.3, 0.4) is 0 Å². The first kappa shape index (κ1) is 17.9. The van der Waals surface area contributed by atoms with Crippen LogP contribution >= 0.6 is 11.8 Å². The van der Waals surface area contributed by atoms with Gasteiger partial charge in [0.05, 0.1) is 5.69 Å². The zero-order valence-corrected chi connectivity index (χ0v) is 16.6. The average molecular weight is 370 g/mol. The first-order valence-electron chi connectivity index (χ1n) is 9.52. The predicted molar refractivity (Wildman–Crippen MR) is 118 cm³/mol. The minimum absolute atomic E-state index is 1.00. The minimum atomic E-state index is 1.00. The third-order valence-electron chi connectivity index (χ3n) is 4.94. The number of benzene rings is 3. The molecule has 27 heavy (non-hydrogen) atoms. The van der Waals surface area contributed by atoms with Crippen LogP contribution in [0.4, 0.5) is 5.69 Å². The van der Waals surface area contributed by atoms with Gasteiger partial charge in [0, 0.05) is 21.7 Å². The number of rotatable bonds is 5. The molecule has 2 radical (unpaired) electrons. The maximum atomic E-state index is 3.57. The van der Waals surface area contributed by atoms with Gasteiger partial charge in [0.15, 0.2) is 5.88 Å². The first-order chi connectivity index (χ1) is 13.3. The van der Waals surface area contributed by atoms with Crippen molar-refractivity contribution in [1.29, 1.82) is 0 Å². The van der Waals surface area contributed by atoms with E-state index in [2.05, 4.69) is 103 Å². The van der Waals surface area contributed by atoms with Crippen LogP contribution < -0.4 is 4.90 Å². The molecule has 0 amide bonds. The van der Waals surface area contributed by atoms with Crippen molar-refractivity contribution in [3.63, 3.8) is 0 Å². The smallest absolute Gasteiger partial charge is 0.169 e. The molecule has 1 aliphatic heterocycles. The fourth-order valence-electron chi connectivity index (χ4n) is 3.64. The van der Waals surface area contributed by atoms with E-state index in [1.54, 1.807) is 11.8 Å². The molecular formula is C25H23NS. The summed E-state index contributed by atoms with van der Waals surface area (Å²) in [6, 6.07) is 27.9. The van der Waals surface area contributed by atoms with Crippen molar-refractivity contribution in [2.24, 2.45) is 0 Å².